The molecule has 4 nitrogen and oxygen atoms in total. The van der Waals surface area contributed by atoms with Gasteiger partial charge in [0, 0.05) is 31.5 Å². The molecule has 1 atom stereocenters. The predicted octanol–water partition coefficient (Wildman–Crippen LogP) is 0.475. The molecule has 0 aliphatic rings. The van der Waals surface area contributed by atoms with Crippen LogP contribution in [0.25, 0.3) is 0 Å². The molecular weight excluding hydrogens is 204 g/mol. The summed E-state index contributed by atoms with van der Waals surface area (Å²) in [4.78, 5) is 0. The molecule has 0 aromatic carbocycles. The minimum Gasteiger partial charge on any atom is -0.393 e. The molecule has 0 amide bonds. The van der Waals surface area contributed by atoms with E-state index in [4.69, 9.17) is 5.11 Å². The number of rotatable bonds is 5. The van der Waals surface area contributed by atoms with Gasteiger partial charge in [-0.1, -0.05) is 0 Å². The van der Waals surface area contributed by atoms with E-state index in [0.29, 0.717) is 13.1 Å². The van der Waals surface area contributed by atoms with E-state index in [9.17, 15) is 5.11 Å². The van der Waals surface area contributed by atoms with Crippen LogP contribution in [-0.2, 0) is 13.6 Å². The van der Waals surface area contributed by atoms with E-state index < -0.39 is 5.60 Å². The highest BCUT2D eigenvalue weighted by atomic mass is 16.3. The Bertz CT molecular complexity index is 356. The third-order valence-corrected chi connectivity index (χ3v) is 3.04. The number of aryl methyl sites for hydroxylation is 1. The molecule has 0 saturated carbocycles. The highest BCUT2D eigenvalue weighted by Crippen LogP contribution is 2.13. The van der Waals surface area contributed by atoms with E-state index in [0.717, 1.165) is 0 Å². The van der Waals surface area contributed by atoms with Crippen molar-refractivity contribution in [3.8, 4) is 0 Å². The maximum Gasteiger partial charge on any atom is 0.0972 e. The van der Waals surface area contributed by atoms with Gasteiger partial charge in [0.25, 0.3) is 0 Å². The minimum absolute atomic E-state index is 0.229. The summed E-state index contributed by atoms with van der Waals surface area (Å²) in [6, 6.07) is 2.13. The summed E-state index contributed by atoms with van der Waals surface area (Å²) in [6.07, 6.45) is 0. The molecule has 1 heterocycles. The Morgan fingerprint density at radius 1 is 1.44 bits per heavy atom. The Labute approximate surface area is 96.9 Å². The maximum atomic E-state index is 9.61. The number of hydrogen-bond acceptors (Lipinski definition) is 3. The van der Waals surface area contributed by atoms with Crippen LogP contribution in [0.4, 0.5) is 0 Å². The van der Waals surface area contributed by atoms with Gasteiger partial charge in [0.15, 0.2) is 0 Å². The Balaban J connectivity index is 2.53. The van der Waals surface area contributed by atoms with Crippen molar-refractivity contribution >= 4 is 0 Å². The van der Waals surface area contributed by atoms with Crippen LogP contribution in [0, 0.1) is 13.8 Å². The van der Waals surface area contributed by atoms with Crippen LogP contribution in [0.15, 0.2) is 6.07 Å². The summed E-state index contributed by atoms with van der Waals surface area (Å²) in [6.45, 7) is 6.63. The van der Waals surface area contributed by atoms with Gasteiger partial charge in [-0.2, -0.15) is 0 Å². The van der Waals surface area contributed by atoms with Crippen molar-refractivity contribution in [3.63, 3.8) is 0 Å². The lowest BCUT2D eigenvalue weighted by Crippen LogP contribution is -2.40. The Morgan fingerprint density at radius 3 is 2.50 bits per heavy atom. The zero-order chi connectivity index (χ0) is 12.3. The fourth-order valence-electron chi connectivity index (χ4n) is 1.63. The van der Waals surface area contributed by atoms with Crippen molar-refractivity contribution in [2.24, 2.45) is 7.05 Å². The molecule has 0 fully saturated rings. The van der Waals surface area contributed by atoms with E-state index >= 15 is 0 Å². The highest BCUT2D eigenvalue weighted by molar-refractivity contribution is 5.26. The standard InChI is InChI=1S/C12H22N2O2/c1-9-5-11(10(2)14(9)4)6-13-7-12(3,16)8-15/h5,13,15-16H,6-8H2,1-4H3. The topological polar surface area (TPSA) is 57.4 Å². The smallest absolute Gasteiger partial charge is 0.0972 e. The second-order valence-corrected chi connectivity index (χ2v) is 4.71. The molecule has 3 N–H and O–H groups in total. The van der Waals surface area contributed by atoms with Crippen LogP contribution in [0.2, 0.25) is 0 Å². The van der Waals surface area contributed by atoms with E-state index in [1.165, 1.54) is 17.0 Å². The number of hydrogen-bond donors (Lipinski definition) is 3. The summed E-state index contributed by atoms with van der Waals surface area (Å²) in [7, 11) is 2.04. The maximum absolute atomic E-state index is 9.61. The zero-order valence-electron chi connectivity index (χ0n) is 10.5. The van der Waals surface area contributed by atoms with Gasteiger partial charge in [-0.05, 0) is 32.4 Å². The first kappa shape index (κ1) is 13.2. The van der Waals surface area contributed by atoms with Gasteiger partial charge in [0.1, 0.15) is 0 Å². The Kier molecular flexibility index (Phi) is 4.13. The van der Waals surface area contributed by atoms with Gasteiger partial charge < -0.3 is 20.1 Å². The van der Waals surface area contributed by atoms with Gasteiger partial charge in [-0.3, -0.25) is 0 Å². The molecule has 0 saturated heterocycles. The minimum atomic E-state index is -1.04. The van der Waals surface area contributed by atoms with Crippen LogP contribution in [-0.4, -0.2) is 33.5 Å². The lowest BCUT2D eigenvalue weighted by molar-refractivity contribution is 0.00253. The first-order valence-corrected chi connectivity index (χ1v) is 5.53. The molecule has 1 aromatic heterocycles. The lowest BCUT2D eigenvalue weighted by Gasteiger charge is -2.20. The van der Waals surface area contributed by atoms with Crippen molar-refractivity contribution in [3.05, 3.63) is 23.0 Å². The molecule has 1 unspecified atom stereocenters. The number of aliphatic hydroxyl groups is 2. The van der Waals surface area contributed by atoms with Crippen LogP contribution in [0.3, 0.4) is 0 Å². The molecule has 92 valence electrons. The van der Waals surface area contributed by atoms with Gasteiger partial charge in [-0.25, -0.2) is 0 Å². The molecule has 16 heavy (non-hydrogen) atoms. The van der Waals surface area contributed by atoms with Crippen molar-refractivity contribution in [1.29, 1.82) is 0 Å². The first-order chi connectivity index (χ1) is 7.37. The predicted molar refractivity (Wildman–Crippen MR) is 64.3 cm³/mol. The number of nitrogens with one attached hydrogen (secondary N) is 1. The second kappa shape index (κ2) is 4.99. The monoisotopic (exact) mass is 226 g/mol. The van der Waals surface area contributed by atoms with Gasteiger partial charge in [0.2, 0.25) is 0 Å². The lowest BCUT2D eigenvalue weighted by atomic mass is 10.1. The molecule has 1 rings (SSSR count). The third kappa shape index (κ3) is 3.07. The van der Waals surface area contributed by atoms with Crippen molar-refractivity contribution in [2.45, 2.75) is 32.9 Å². The van der Waals surface area contributed by atoms with Crippen LogP contribution < -0.4 is 5.32 Å². The SMILES string of the molecule is Cc1cc(CNCC(C)(O)CO)c(C)n1C. The second-order valence-electron chi connectivity index (χ2n) is 4.71. The average Bonchev–Trinajstić information content (AvgIpc) is 2.46. The molecule has 0 radical (unpaired) electrons. The summed E-state index contributed by atoms with van der Waals surface area (Å²) in [5.74, 6) is 0. The van der Waals surface area contributed by atoms with E-state index in [-0.39, 0.29) is 6.61 Å². The van der Waals surface area contributed by atoms with E-state index in [1.54, 1.807) is 6.92 Å². The van der Waals surface area contributed by atoms with Crippen molar-refractivity contribution in [1.82, 2.24) is 9.88 Å². The zero-order valence-corrected chi connectivity index (χ0v) is 10.5. The molecule has 0 bridgehead atoms. The summed E-state index contributed by atoms with van der Waals surface area (Å²) < 4.78 is 2.14. The Morgan fingerprint density at radius 2 is 2.06 bits per heavy atom. The quantitative estimate of drug-likeness (QED) is 0.684. The molecule has 0 aliphatic carbocycles. The van der Waals surface area contributed by atoms with E-state index in [2.05, 4.69) is 29.8 Å². The molecule has 1 aromatic rings. The fourth-order valence-corrected chi connectivity index (χ4v) is 1.63. The van der Waals surface area contributed by atoms with E-state index in [1.807, 2.05) is 7.05 Å². The largest absolute Gasteiger partial charge is 0.393 e. The number of nitrogens with zero attached hydrogens (tertiary/aromatic N) is 1. The average molecular weight is 226 g/mol. The first-order valence-electron chi connectivity index (χ1n) is 5.53. The van der Waals surface area contributed by atoms with Gasteiger partial charge >= 0.3 is 0 Å². The fraction of sp³-hybridized carbons (Fsp3) is 0.667. The normalized spacial score (nSPS) is 15.1. The van der Waals surface area contributed by atoms with Crippen molar-refractivity contribution in [2.75, 3.05) is 13.2 Å². The number of aromatic nitrogens is 1. The summed E-state index contributed by atoms with van der Waals surface area (Å²) in [5, 5.41) is 21.7. The summed E-state index contributed by atoms with van der Waals surface area (Å²) >= 11 is 0. The molecule has 4 heteroatoms. The molecular formula is C12H22N2O2. The van der Waals surface area contributed by atoms with Crippen LogP contribution in [0.5, 0.6) is 0 Å². The Hall–Kier alpha value is -0.840. The third-order valence-electron chi connectivity index (χ3n) is 3.04. The molecule has 0 spiro atoms. The van der Waals surface area contributed by atoms with Gasteiger partial charge in [0.05, 0.1) is 12.2 Å². The summed E-state index contributed by atoms with van der Waals surface area (Å²) in [5.41, 5.74) is 2.64. The van der Waals surface area contributed by atoms with Gasteiger partial charge in [-0.15, -0.1) is 0 Å². The number of aliphatic hydroxyl groups excluding tert-OH is 1. The van der Waals surface area contributed by atoms with Crippen molar-refractivity contribution < 1.29 is 10.2 Å². The van der Waals surface area contributed by atoms with Crippen LogP contribution in [0.1, 0.15) is 23.9 Å². The van der Waals surface area contributed by atoms with Crippen LogP contribution >= 0.6 is 0 Å². The highest BCUT2D eigenvalue weighted by Gasteiger charge is 2.18. The molecule has 0 aliphatic heterocycles.